The predicted octanol–water partition coefficient (Wildman–Crippen LogP) is 2.55. The van der Waals surface area contributed by atoms with Gasteiger partial charge < -0.3 is 9.84 Å². The van der Waals surface area contributed by atoms with Crippen LogP contribution in [0.4, 0.5) is 0 Å². The van der Waals surface area contributed by atoms with Gasteiger partial charge in [0, 0.05) is 0 Å². The third-order valence-corrected chi connectivity index (χ3v) is 1.90. The van der Waals surface area contributed by atoms with Crippen LogP contribution < -0.4 is 4.74 Å². The summed E-state index contributed by atoms with van der Waals surface area (Å²) >= 11 is 0. The molecule has 0 amide bonds. The number of ether oxygens (including phenoxy) is 1. The molecule has 0 spiro atoms. The molecule has 0 heterocycles. The number of phenols is 1. The van der Waals surface area contributed by atoms with E-state index >= 15 is 0 Å². The Balaban J connectivity index is 3.15. The average molecular weight is 206 g/mol. The Bertz CT molecular complexity index is 401. The van der Waals surface area contributed by atoms with E-state index in [0.717, 1.165) is 5.57 Å². The average Bonchev–Trinajstić information content (AvgIpc) is 2.17. The Morgan fingerprint density at radius 1 is 1.40 bits per heavy atom. The zero-order valence-corrected chi connectivity index (χ0v) is 9.07. The summed E-state index contributed by atoms with van der Waals surface area (Å²) in [7, 11) is 1.45. The molecule has 0 atom stereocenters. The molecule has 0 bridgehead atoms. The number of benzene rings is 1. The van der Waals surface area contributed by atoms with Gasteiger partial charge in [-0.3, -0.25) is 4.79 Å². The third-order valence-electron chi connectivity index (χ3n) is 1.90. The van der Waals surface area contributed by atoms with Crippen molar-refractivity contribution in [3.8, 4) is 11.5 Å². The van der Waals surface area contributed by atoms with Crippen LogP contribution in [0.15, 0.2) is 29.8 Å². The third kappa shape index (κ3) is 2.59. The first-order chi connectivity index (χ1) is 7.06. The molecular formula is C12H14O3. The molecule has 0 aliphatic heterocycles. The quantitative estimate of drug-likeness (QED) is 0.610. The van der Waals surface area contributed by atoms with Gasteiger partial charge in [-0.25, -0.2) is 0 Å². The standard InChI is InChI=1S/C12H14O3/c1-8(2)7-10(13)9-5-4-6-11(15-3)12(9)14/h4-7,14H,1-3H3. The zero-order chi connectivity index (χ0) is 11.4. The molecule has 80 valence electrons. The van der Waals surface area contributed by atoms with Crippen LogP contribution >= 0.6 is 0 Å². The monoisotopic (exact) mass is 206 g/mol. The van der Waals surface area contributed by atoms with Crippen molar-refractivity contribution in [3.63, 3.8) is 0 Å². The molecule has 3 nitrogen and oxygen atoms in total. The summed E-state index contributed by atoms with van der Waals surface area (Å²) in [6, 6.07) is 4.85. The lowest BCUT2D eigenvalue weighted by Gasteiger charge is -2.06. The van der Waals surface area contributed by atoms with E-state index in [1.54, 1.807) is 18.2 Å². The first kappa shape index (κ1) is 11.3. The second-order valence-corrected chi connectivity index (χ2v) is 3.44. The number of hydrogen-bond donors (Lipinski definition) is 1. The van der Waals surface area contributed by atoms with Gasteiger partial charge in [0.2, 0.25) is 0 Å². The summed E-state index contributed by atoms with van der Waals surface area (Å²) in [5.41, 5.74) is 1.15. The van der Waals surface area contributed by atoms with E-state index in [9.17, 15) is 9.90 Å². The van der Waals surface area contributed by atoms with Crippen LogP contribution in [0.2, 0.25) is 0 Å². The van der Waals surface area contributed by atoms with Crippen molar-refractivity contribution in [1.82, 2.24) is 0 Å². The molecule has 0 saturated carbocycles. The Hall–Kier alpha value is -1.77. The van der Waals surface area contributed by atoms with Gasteiger partial charge in [0.1, 0.15) is 0 Å². The Labute approximate surface area is 89.0 Å². The van der Waals surface area contributed by atoms with E-state index in [4.69, 9.17) is 4.74 Å². The summed E-state index contributed by atoms with van der Waals surface area (Å²) in [5, 5.41) is 9.70. The van der Waals surface area contributed by atoms with Gasteiger partial charge in [0.25, 0.3) is 0 Å². The molecule has 0 fully saturated rings. The van der Waals surface area contributed by atoms with E-state index in [2.05, 4.69) is 0 Å². The van der Waals surface area contributed by atoms with Crippen molar-refractivity contribution >= 4 is 5.78 Å². The molecule has 15 heavy (non-hydrogen) atoms. The molecular weight excluding hydrogens is 192 g/mol. The molecule has 1 aromatic carbocycles. The predicted molar refractivity (Wildman–Crippen MR) is 58.4 cm³/mol. The van der Waals surface area contributed by atoms with Crippen molar-refractivity contribution in [3.05, 3.63) is 35.4 Å². The van der Waals surface area contributed by atoms with Crippen molar-refractivity contribution < 1.29 is 14.6 Å². The first-order valence-electron chi connectivity index (χ1n) is 4.61. The van der Waals surface area contributed by atoms with Gasteiger partial charge in [0.05, 0.1) is 12.7 Å². The number of para-hydroxylation sites is 1. The first-order valence-corrected chi connectivity index (χ1v) is 4.61. The number of allylic oxidation sites excluding steroid dienone is 2. The van der Waals surface area contributed by atoms with E-state index < -0.39 is 0 Å². The summed E-state index contributed by atoms with van der Waals surface area (Å²) in [5.74, 6) is -0.0168. The Kier molecular flexibility index (Phi) is 3.50. The van der Waals surface area contributed by atoms with Crippen LogP contribution in [0.5, 0.6) is 11.5 Å². The van der Waals surface area contributed by atoms with Crippen molar-refractivity contribution in [1.29, 1.82) is 0 Å². The molecule has 0 aliphatic rings. The SMILES string of the molecule is COc1cccc(C(=O)C=C(C)C)c1O. The van der Waals surface area contributed by atoms with Crippen LogP contribution in [-0.4, -0.2) is 18.0 Å². The lowest BCUT2D eigenvalue weighted by atomic mass is 10.1. The summed E-state index contributed by atoms with van der Waals surface area (Å²) < 4.78 is 4.92. The molecule has 0 saturated heterocycles. The minimum absolute atomic E-state index is 0.109. The van der Waals surface area contributed by atoms with E-state index in [0.29, 0.717) is 5.75 Å². The minimum Gasteiger partial charge on any atom is -0.504 e. The van der Waals surface area contributed by atoms with Crippen LogP contribution in [0.25, 0.3) is 0 Å². The number of methoxy groups -OCH3 is 1. The number of rotatable bonds is 3. The highest BCUT2D eigenvalue weighted by Gasteiger charge is 2.12. The van der Waals surface area contributed by atoms with Crippen LogP contribution in [0.3, 0.4) is 0 Å². The van der Waals surface area contributed by atoms with E-state index in [1.807, 2.05) is 13.8 Å². The van der Waals surface area contributed by atoms with Crippen LogP contribution in [-0.2, 0) is 0 Å². The molecule has 1 rings (SSSR count). The summed E-state index contributed by atoms with van der Waals surface area (Å²) in [6.45, 7) is 3.66. The molecule has 1 N–H and O–H groups in total. The highest BCUT2D eigenvalue weighted by Crippen LogP contribution is 2.29. The van der Waals surface area contributed by atoms with Crippen LogP contribution in [0.1, 0.15) is 24.2 Å². The van der Waals surface area contributed by atoms with Gasteiger partial charge in [0.15, 0.2) is 17.3 Å². The van der Waals surface area contributed by atoms with Gasteiger partial charge in [-0.1, -0.05) is 11.6 Å². The van der Waals surface area contributed by atoms with Crippen molar-refractivity contribution in [2.45, 2.75) is 13.8 Å². The zero-order valence-electron chi connectivity index (χ0n) is 9.07. The maximum absolute atomic E-state index is 11.7. The number of ketones is 1. The maximum Gasteiger partial charge on any atom is 0.189 e. The fourth-order valence-electron chi connectivity index (χ4n) is 1.23. The van der Waals surface area contributed by atoms with E-state index in [-0.39, 0.29) is 17.1 Å². The van der Waals surface area contributed by atoms with Gasteiger partial charge in [-0.2, -0.15) is 0 Å². The maximum atomic E-state index is 11.7. The highest BCUT2D eigenvalue weighted by atomic mass is 16.5. The van der Waals surface area contributed by atoms with Crippen LogP contribution in [0, 0.1) is 0 Å². The lowest BCUT2D eigenvalue weighted by molar-refractivity contribution is 0.104. The second kappa shape index (κ2) is 4.64. The van der Waals surface area contributed by atoms with Crippen molar-refractivity contribution in [2.75, 3.05) is 7.11 Å². The molecule has 1 aromatic rings. The minimum atomic E-state index is -0.216. The fourth-order valence-corrected chi connectivity index (χ4v) is 1.23. The molecule has 0 aromatic heterocycles. The highest BCUT2D eigenvalue weighted by molar-refractivity contribution is 6.07. The van der Waals surface area contributed by atoms with Gasteiger partial charge in [-0.15, -0.1) is 0 Å². The molecule has 0 aliphatic carbocycles. The summed E-state index contributed by atoms with van der Waals surface area (Å²) in [4.78, 5) is 11.7. The Morgan fingerprint density at radius 3 is 2.60 bits per heavy atom. The topological polar surface area (TPSA) is 46.5 Å². The summed E-state index contributed by atoms with van der Waals surface area (Å²) in [6.07, 6.45) is 1.48. The second-order valence-electron chi connectivity index (χ2n) is 3.44. The Morgan fingerprint density at radius 2 is 2.07 bits per heavy atom. The number of carbonyl (C=O) groups excluding carboxylic acids is 1. The smallest absolute Gasteiger partial charge is 0.189 e. The molecule has 0 unspecified atom stereocenters. The fraction of sp³-hybridized carbons (Fsp3) is 0.250. The van der Waals surface area contributed by atoms with Crippen molar-refractivity contribution in [2.24, 2.45) is 0 Å². The van der Waals surface area contributed by atoms with Gasteiger partial charge in [-0.05, 0) is 32.1 Å². The lowest BCUT2D eigenvalue weighted by Crippen LogP contribution is -1.97. The molecule has 3 heteroatoms. The number of hydrogen-bond acceptors (Lipinski definition) is 3. The number of aromatic hydroxyl groups is 1. The van der Waals surface area contributed by atoms with E-state index in [1.165, 1.54) is 13.2 Å². The number of carbonyl (C=O) groups is 1. The normalized spacial score (nSPS) is 9.53. The van der Waals surface area contributed by atoms with Gasteiger partial charge >= 0.3 is 0 Å². The number of phenolic OH excluding ortho intramolecular Hbond substituents is 1. The largest absolute Gasteiger partial charge is 0.504 e. The molecule has 0 radical (unpaired) electrons.